The highest BCUT2D eigenvalue weighted by Crippen LogP contribution is 2.15. The molecule has 0 heterocycles. The molecule has 0 radical (unpaired) electrons. The van der Waals surface area contributed by atoms with Gasteiger partial charge in [0.25, 0.3) is 0 Å². The molecule has 0 saturated heterocycles. The van der Waals surface area contributed by atoms with Crippen molar-refractivity contribution in [2.75, 3.05) is 26.4 Å². The number of rotatable bonds is 5. The normalized spacial score (nSPS) is 11.0. The van der Waals surface area contributed by atoms with Crippen molar-refractivity contribution in [1.29, 1.82) is 0 Å². The van der Waals surface area contributed by atoms with E-state index in [2.05, 4.69) is 51.0 Å². The fourth-order valence-corrected chi connectivity index (χ4v) is 2.38. The molecule has 0 aliphatic heterocycles. The lowest BCUT2D eigenvalue weighted by Gasteiger charge is -2.09. The molecule has 0 fully saturated rings. The van der Waals surface area contributed by atoms with Gasteiger partial charge in [0.1, 0.15) is 0 Å². The summed E-state index contributed by atoms with van der Waals surface area (Å²) < 4.78 is 0. The van der Waals surface area contributed by atoms with Gasteiger partial charge in [-0.25, -0.2) is 0 Å². The van der Waals surface area contributed by atoms with Gasteiger partial charge in [0.2, 0.25) is 0 Å². The van der Waals surface area contributed by atoms with Gasteiger partial charge in [-0.1, -0.05) is 18.2 Å². The molecule has 0 aromatic heterocycles. The highest BCUT2D eigenvalue weighted by molar-refractivity contribution is 7.98. The Morgan fingerprint density at radius 1 is 1.13 bits per heavy atom. The first-order valence-electron chi connectivity index (χ1n) is 5.38. The van der Waals surface area contributed by atoms with Crippen molar-refractivity contribution >= 4 is 11.8 Å². The summed E-state index contributed by atoms with van der Waals surface area (Å²) in [7, 11) is 4.24. The number of hydrogen-bond acceptors (Lipinski definition) is 2. The summed E-state index contributed by atoms with van der Waals surface area (Å²) in [4.78, 5) is 2.23. The van der Waals surface area contributed by atoms with Crippen molar-refractivity contribution in [2.45, 2.75) is 19.6 Å². The Morgan fingerprint density at radius 2 is 1.87 bits per heavy atom. The fourth-order valence-electron chi connectivity index (χ4n) is 1.33. The van der Waals surface area contributed by atoms with Crippen molar-refractivity contribution < 1.29 is 0 Å². The molecule has 0 atom stereocenters. The first-order chi connectivity index (χ1) is 7.09. The molecule has 1 aromatic rings. The van der Waals surface area contributed by atoms with Crippen molar-refractivity contribution in [1.82, 2.24) is 4.90 Å². The molecular formula is C13H21NS. The standard InChI is InChI=1S/C13H21NS/c1-11-5-6-13(9-12(11)2)10-15-8-7-14(3)4/h5-6,9H,7-8,10H2,1-4H3. The molecule has 0 spiro atoms. The summed E-state index contributed by atoms with van der Waals surface area (Å²) in [5.74, 6) is 2.34. The Kier molecular flexibility index (Phi) is 5.20. The van der Waals surface area contributed by atoms with E-state index < -0.39 is 0 Å². The van der Waals surface area contributed by atoms with E-state index in [9.17, 15) is 0 Å². The minimum Gasteiger partial charge on any atom is -0.309 e. The highest BCUT2D eigenvalue weighted by atomic mass is 32.2. The van der Waals surface area contributed by atoms with E-state index in [4.69, 9.17) is 0 Å². The molecule has 0 aliphatic rings. The topological polar surface area (TPSA) is 3.24 Å². The minimum atomic E-state index is 1.13. The van der Waals surface area contributed by atoms with Crippen LogP contribution < -0.4 is 0 Å². The van der Waals surface area contributed by atoms with Crippen LogP contribution in [-0.4, -0.2) is 31.3 Å². The van der Waals surface area contributed by atoms with Crippen molar-refractivity contribution in [3.05, 3.63) is 34.9 Å². The first-order valence-corrected chi connectivity index (χ1v) is 6.53. The molecule has 0 aliphatic carbocycles. The van der Waals surface area contributed by atoms with Crippen LogP contribution in [0.4, 0.5) is 0 Å². The van der Waals surface area contributed by atoms with E-state index in [1.165, 1.54) is 22.4 Å². The van der Waals surface area contributed by atoms with E-state index in [1.807, 2.05) is 11.8 Å². The molecule has 0 bridgehead atoms. The van der Waals surface area contributed by atoms with Crippen LogP contribution >= 0.6 is 11.8 Å². The maximum Gasteiger partial charge on any atom is 0.0185 e. The van der Waals surface area contributed by atoms with Gasteiger partial charge in [0.05, 0.1) is 0 Å². The van der Waals surface area contributed by atoms with E-state index in [-0.39, 0.29) is 0 Å². The van der Waals surface area contributed by atoms with Gasteiger partial charge in [0, 0.05) is 18.1 Å². The summed E-state index contributed by atoms with van der Waals surface area (Å²) in [6, 6.07) is 6.76. The lowest BCUT2D eigenvalue weighted by atomic mass is 10.1. The van der Waals surface area contributed by atoms with Gasteiger partial charge >= 0.3 is 0 Å². The second kappa shape index (κ2) is 6.19. The Morgan fingerprint density at radius 3 is 2.47 bits per heavy atom. The molecule has 2 heteroatoms. The Bertz CT molecular complexity index is 307. The minimum absolute atomic E-state index is 1.13. The zero-order chi connectivity index (χ0) is 11.3. The maximum absolute atomic E-state index is 2.30. The molecule has 1 aromatic carbocycles. The lowest BCUT2D eigenvalue weighted by molar-refractivity contribution is 0.437. The Hall–Kier alpha value is -0.470. The summed E-state index contributed by atoms with van der Waals surface area (Å²) in [5, 5.41) is 0. The van der Waals surface area contributed by atoms with E-state index in [0.717, 1.165) is 12.3 Å². The SMILES string of the molecule is Cc1ccc(CSCCN(C)C)cc1C. The monoisotopic (exact) mass is 223 g/mol. The third kappa shape index (κ3) is 4.72. The van der Waals surface area contributed by atoms with Crippen LogP contribution in [0.2, 0.25) is 0 Å². The van der Waals surface area contributed by atoms with Crippen molar-refractivity contribution in [3.63, 3.8) is 0 Å². The van der Waals surface area contributed by atoms with Crippen LogP contribution in [0, 0.1) is 13.8 Å². The molecule has 1 nitrogen and oxygen atoms in total. The predicted molar refractivity (Wildman–Crippen MR) is 70.6 cm³/mol. The zero-order valence-electron chi connectivity index (χ0n) is 10.2. The number of hydrogen-bond donors (Lipinski definition) is 0. The van der Waals surface area contributed by atoms with Gasteiger partial charge in [-0.15, -0.1) is 0 Å². The molecule has 0 amide bonds. The highest BCUT2D eigenvalue weighted by Gasteiger charge is 1.97. The predicted octanol–water partition coefficient (Wildman–Crippen LogP) is 3.10. The van der Waals surface area contributed by atoms with Crippen molar-refractivity contribution in [2.24, 2.45) is 0 Å². The summed E-state index contributed by atoms with van der Waals surface area (Å²) in [5.41, 5.74) is 4.24. The van der Waals surface area contributed by atoms with Gasteiger partial charge in [0.15, 0.2) is 0 Å². The lowest BCUT2D eigenvalue weighted by Crippen LogP contribution is -2.14. The first kappa shape index (κ1) is 12.6. The molecule has 0 N–H and O–H groups in total. The van der Waals surface area contributed by atoms with Crippen LogP contribution in [-0.2, 0) is 5.75 Å². The summed E-state index contributed by atoms with van der Waals surface area (Å²) in [6.45, 7) is 5.51. The van der Waals surface area contributed by atoms with Gasteiger partial charge in [-0.05, 0) is 44.6 Å². The largest absolute Gasteiger partial charge is 0.309 e. The third-order valence-corrected chi connectivity index (χ3v) is 3.53. The summed E-state index contributed by atoms with van der Waals surface area (Å²) in [6.07, 6.45) is 0. The average molecular weight is 223 g/mol. The maximum atomic E-state index is 2.30. The molecule has 15 heavy (non-hydrogen) atoms. The van der Waals surface area contributed by atoms with Crippen LogP contribution in [0.3, 0.4) is 0 Å². The van der Waals surface area contributed by atoms with E-state index >= 15 is 0 Å². The zero-order valence-corrected chi connectivity index (χ0v) is 11.0. The second-order valence-corrected chi connectivity index (χ2v) is 5.38. The van der Waals surface area contributed by atoms with Crippen molar-refractivity contribution in [3.8, 4) is 0 Å². The van der Waals surface area contributed by atoms with Gasteiger partial charge in [-0.2, -0.15) is 11.8 Å². The van der Waals surface area contributed by atoms with Gasteiger partial charge < -0.3 is 4.90 Å². The van der Waals surface area contributed by atoms with Crippen LogP contribution in [0.25, 0.3) is 0 Å². The Balaban J connectivity index is 2.35. The van der Waals surface area contributed by atoms with Crippen LogP contribution in [0.1, 0.15) is 16.7 Å². The quantitative estimate of drug-likeness (QED) is 0.706. The third-order valence-electron chi connectivity index (χ3n) is 2.52. The summed E-state index contributed by atoms with van der Waals surface area (Å²) >= 11 is 2.01. The number of nitrogens with zero attached hydrogens (tertiary/aromatic N) is 1. The molecule has 84 valence electrons. The van der Waals surface area contributed by atoms with E-state index in [1.54, 1.807) is 0 Å². The number of benzene rings is 1. The fraction of sp³-hybridized carbons (Fsp3) is 0.538. The molecule has 1 rings (SSSR count). The Labute approximate surface area is 97.9 Å². The number of thioether (sulfide) groups is 1. The molecule has 0 saturated carbocycles. The van der Waals surface area contributed by atoms with Crippen LogP contribution in [0.5, 0.6) is 0 Å². The second-order valence-electron chi connectivity index (χ2n) is 4.27. The van der Waals surface area contributed by atoms with Crippen LogP contribution in [0.15, 0.2) is 18.2 Å². The smallest absolute Gasteiger partial charge is 0.0185 e. The average Bonchev–Trinajstić information content (AvgIpc) is 2.18. The molecule has 0 unspecified atom stereocenters. The molecular weight excluding hydrogens is 202 g/mol. The van der Waals surface area contributed by atoms with Gasteiger partial charge in [-0.3, -0.25) is 0 Å². The number of aryl methyl sites for hydroxylation is 2. The van der Waals surface area contributed by atoms with E-state index in [0.29, 0.717) is 0 Å².